The largest absolute Gasteiger partial charge is 0.497 e. The SMILES string of the molecule is CCOC(=O)c1ccc(N2C(=O)NC(=O)/C(=C\c3ccc(OC)cc3OCc3c(C)ccc4ccccc34)C2=O)cc1. The number of rotatable bonds is 8. The molecular formula is C33H28N2O7. The zero-order valence-electron chi connectivity index (χ0n) is 23.3. The van der Waals surface area contributed by atoms with Gasteiger partial charge in [0.1, 0.15) is 23.7 Å². The van der Waals surface area contributed by atoms with E-state index < -0.39 is 23.8 Å². The first-order chi connectivity index (χ1) is 20.3. The molecule has 212 valence electrons. The average molecular weight is 565 g/mol. The number of hydrogen-bond acceptors (Lipinski definition) is 7. The molecule has 1 aliphatic rings. The molecule has 1 saturated heterocycles. The van der Waals surface area contributed by atoms with Crippen LogP contribution in [0.5, 0.6) is 11.5 Å². The van der Waals surface area contributed by atoms with Gasteiger partial charge < -0.3 is 14.2 Å². The number of hydrogen-bond donors (Lipinski definition) is 1. The Hall–Kier alpha value is -5.44. The van der Waals surface area contributed by atoms with E-state index in [-0.39, 0.29) is 30.0 Å². The lowest BCUT2D eigenvalue weighted by atomic mass is 10.0. The van der Waals surface area contributed by atoms with Crippen molar-refractivity contribution in [1.29, 1.82) is 0 Å². The maximum absolute atomic E-state index is 13.5. The van der Waals surface area contributed by atoms with Gasteiger partial charge in [0.05, 0.1) is 25.0 Å². The van der Waals surface area contributed by atoms with Gasteiger partial charge in [-0.25, -0.2) is 14.5 Å². The number of carbonyl (C=O) groups excluding carboxylic acids is 4. The van der Waals surface area contributed by atoms with Gasteiger partial charge in [-0.1, -0.05) is 36.4 Å². The summed E-state index contributed by atoms with van der Waals surface area (Å²) in [6.07, 6.45) is 1.38. The maximum Gasteiger partial charge on any atom is 0.338 e. The second-order valence-corrected chi connectivity index (χ2v) is 9.50. The topological polar surface area (TPSA) is 111 Å². The molecule has 1 fully saturated rings. The summed E-state index contributed by atoms with van der Waals surface area (Å²) in [7, 11) is 1.53. The number of amides is 4. The minimum atomic E-state index is -0.899. The van der Waals surface area contributed by atoms with Crippen molar-refractivity contribution in [3.05, 3.63) is 107 Å². The summed E-state index contributed by atoms with van der Waals surface area (Å²) in [5.74, 6) is -1.27. The van der Waals surface area contributed by atoms with Crippen LogP contribution in [0.4, 0.5) is 10.5 Å². The molecule has 0 bridgehead atoms. The zero-order valence-corrected chi connectivity index (χ0v) is 23.3. The van der Waals surface area contributed by atoms with E-state index >= 15 is 0 Å². The van der Waals surface area contributed by atoms with E-state index in [1.54, 1.807) is 25.1 Å². The number of fused-ring (bicyclic) bond motifs is 1. The quantitative estimate of drug-likeness (QED) is 0.169. The summed E-state index contributed by atoms with van der Waals surface area (Å²) in [5, 5.41) is 4.36. The van der Waals surface area contributed by atoms with Crippen molar-refractivity contribution >= 4 is 46.4 Å². The van der Waals surface area contributed by atoms with Gasteiger partial charge in [-0.15, -0.1) is 0 Å². The molecule has 1 heterocycles. The first kappa shape index (κ1) is 28.1. The summed E-state index contributed by atoms with van der Waals surface area (Å²) in [6, 6.07) is 22.0. The van der Waals surface area contributed by atoms with Crippen LogP contribution in [-0.4, -0.2) is 37.5 Å². The van der Waals surface area contributed by atoms with Crippen molar-refractivity contribution in [2.45, 2.75) is 20.5 Å². The molecule has 0 atom stereocenters. The number of anilines is 1. The molecule has 0 spiro atoms. The summed E-state index contributed by atoms with van der Waals surface area (Å²) < 4.78 is 16.6. The van der Waals surface area contributed by atoms with Crippen LogP contribution in [0.1, 0.15) is 34.0 Å². The Morgan fingerprint density at radius 2 is 1.71 bits per heavy atom. The van der Waals surface area contributed by atoms with E-state index in [1.165, 1.54) is 37.5 Å². The molecule has 9 heteroatoms. The molecule has 1 aliphatic heterocycles. The van der Waals surface area contributed by atoms with Gasteiger partial charge in [0.2, 0.25) is 0 Å². The lowest BCUT2D eigenvalue weighted by Crippen LogP contribution is -2.54. The highest BCUT2D eigenvalue weighted by atomic mass is 16.5. The van der Waals surface area contributed by atoms with Crippen LogP contribution in [0.3, 0.4) is 0 Å². The van der Waals surface area contributed by atoms with Crippen LogP contribution < -0.4 is 19.7 Å². The molecule has 0 unspecified atom stereocenters. The van der Waals surface area contributed by atoms with Crippen molar-refractivity contribution in [3.63, 3.8) is 0 Å². The normalized spacial score (nSPS) is 14.2. The zero-order chi connectivity index (χ0) is 29.8. The minimum Gasteiger partial charge on any atom is -0.497 e. The van der Waals surface area contributed by atoms with Crippen LogP contribution in [0, 0.1) is 6.92 Å². The molecule has 0 aliphatic carbocycles. The highest BCUT2D eigenvalue weighted by Crippen LogP contribution is 2.31. The number of barbiturate groups is 1. The number of nitrogens with one attached hydrogen (secondary N) is 1. The highest BCUT2D eigenvalue weighted by Gasteiger charge is 2.37. The summed E-state index contributed by atoms with van der Waals surface area (Å²) in [6.45, 7) is 4.14. The Labute approximate surface area is 242 Å². The Kier molecular flexibility index (Phi) is 8.01. The molecule has 4 aromatic carbocycles. The van der Waals surface area contributed by atoms with Gasteiger partial charge in [-0.2, -0.15) is 0 Å². The van der Waals surface area contributed by atoms with Crippen LogP contribution in [0.15, 0.2) is 84.4 Å². The Morgan fingerprint density at radius 1 is 0.952 bits per heavy atom. The predicted molar refractivity (Wildman–Crippen MR) is 157 cm³/mol. The smallest absolute Gasteiger partial charge is 0.338 e. The van der Waals surface area contributed by atoms with Crippen LogP contribution in [0.2, 0.25) is 0 Å². The number of urea groups is 1. The van der Waals surface area contributed by atoms with Gasteiger partial charge in [0, 0.05) is 17.2 Å². The number of methoxy groups -OCH3 is 1. The van der Waals surface area contributed by atoms with E-state index in [0.717, 1.165) is 26.8 Å². The van der Waals surface area contributed by atoms with Crippen molar-refractivity contribution < 1.29 is 33.4 Å². The minimum absolute atomic E-state index is 0.182. The first-order valence-electron chi connectivity index (χ1n) is 13.3. The van der Waals surface area contributed by atoms with E-state index in [1.807, 2.05) is 37.3 Å². The van der Waals surface area contributed by atoms with Gasteiger partial charge in [-0.3, -0.25) is 14.9 Å². The van der Waals surface area contributed by atoms with Gasteiger partial charge in [-0.05, 0) is 72.7 Å². The van der Waals surface area contributed by atoms with Crippen molar-refractivity contribution in [2.75, 3.05) is 18.6 Å². The molecule has 0 saturated carbocycles. The molecular weight excluding hydrogens is 536 g/mol. The second-order valence-electron chi connectivity index (χ2n) is 9.50. The third kappa shape index (κ3) is 5.57. The maximum atomic E-state index is 13.5. The van der Waals surface area contributed by atoms with E-state index in [0.29, 0.717) is 17.1 Å². The molecule has 0 radical (unpaired) electrons. The van der Waals surface area contributed by atoms with Crippen molar-refractivity contribution in [3.8, 4) is 11.5 Å². The number of esters is 1. The second kappa shape index (κ2) is 12.0. The van der Waals surface area contributed by atoms with Gasteiger partial charge in [0.25, 0.3) is 11.8 Å². The number of ether oxygens (including phenoxy) is 3. The van der Waals surface area contributed by atoms with Crippen molar-refractivity contribution in [2.24, 2.45) is 0 Å². The number of benzene rings is 4. The molecule has 9 nitrogen and oxygen atoms in total. The van der Waals surface area contributed by atoms with E-state index in [9.17, 15) is 19.2 Å². The third-order valence-electron chi connectivity index (χ3n) is 6.91. The first-order valence-corrected chi connectivity index (χ1v) is 13.3. The molecule has 1 N–H and O–H groups in total. The number of imide groups is 2. The fraction of sp³-hybridized carbons (Fsp3) is 0.152. The fourth-order valence-corrected chi connectivity index (χ4v) is 4.68. The van der Waals surface area contributed by atoms with Gasteiger partial charge >= 0.3 is 12.0 Å². The Bertz CT molecular complexity index is 1740. The molecule has 4 amide bonds. The Balaban J connectivity index is 1.47. The fourth-order valence-electron chi connectivity index (χ4n) is 4.68. The van der Waals surface area contributed by atoms with E-state index in [4.69, 9.17) is 14.2 Å². The number of aryl methyl sites for hydroxylation is 1. The third-order valence-corrected chi connectivity index (χ3v) is 6.91. The van der Waals surface area contributed by atoms with Crippen LogP contribution in [0.25, 0.3) is 16.8 Å². The number of nitrogens with zero attached hydrogens (tertiary/aromatic N) is 1. The number of carbonyl (C=O) groups is 4. The van der Waals surface area contributed by atoms with E-state index in [2.05, 4.69) is 11.4 Å². The molecule has 42 heavy (non-hydrogen) atoms. The lowest BCUT2D eigenvalue weighted by Gasteiger charge is -2.26. The van der Waals surface area contributed by atoms with Crippen LogP contribution in [-0.2, 0) is 20.9 Å². The monoisotopic (exact) mass is 564 g/mol. The molecule has 4 aromatic rings. The van der Waals surface area contributed by atoms with Gasteiger partial charge in [0.15, 0.2) is 0 Å². The molecule has 5 rings (SSSR count). The standard InChI is InChI=1S/C33H28N2O7/c1-4-41-32(38)22-11-14-24(15-12-22)35-31(37)27(30(36)34-33(35)39)17-23-13-16-25(40-3)18-29(23)42-19-28-20(2)9-10-21-7-5-6-8-26(21)28/h5-18H,4,19H2,1-3H3,(H,34,36,39)/b27-17+. The predicted octanol–water partition coefficient (Wildman–Crippen LogP) is 5.58. The summed E-state index contributed by atoms with van der Waals surface area (Å²) in [5.41, 5.74) is 2.69. The lowest BCUT2D eigenvalue weighted by molar-refractivity contribution is -0.122. The van der Waals surface area contributed by atoms with Crippen LogP contribution >= 0.6 is 0 Å². The summed E-state index contributed by atoms with van der Waals surface area (Å²) >= 11 is 0. The molecule has 0 aromatic heterocycles. The summed E-state index contributed by atoms with van der Waals surface area (Å²) in [4.78, 5) is 51.9. The Morgan fingerprint density at radius 3 is 2.45 bits per heavy atom. The average Bonchev–Trinajstić information content (AvgIpc) is 2.99. The highest BCUT2D eigenvalue weighted by molar-refractivity contribution is 6.39. The van der Waals surface area contributed by atoms with Crippen molar-refractivity contribution in [1.82, 2.24) is 5.32 Å².